The molecule has 27 heteroatoms. The lowest BCUT2D eigenvalue weighted by Gasteiger charge is -2.31. The number of methoxy groups -OCH3 is 2. The minimum absolute atomic E-state index is 0.0259. The molecule has 4 aliphatic rings. The molecule has 1 aromatic rings. The van der Waals surface area contributed by atoms with Crippen molar-refractivity contribution in [1.82, 2.24) is 9.64 Å². The molecular weight excluding hydrogens is 1150 g/mol. The summed E-state index contributed by atoms with van der Waals surface area (Å²) in [6, 6.07) is 11.7. The zero-order valence-electron chi connectivity index (χ0n) is 49.1. The van der Waals surface area contributed by atoms with Crippen LogP contribution in [0.3, 0.4) is 0 Å². The first kappa shape index (κ1) is 70.7. The molecule has 0 aromatic heterocycles. The number of anilines is 1. The van der Waals surface area contributed by atoms with Gasteiger partial charge in [0.05, 0.1) is 146 Å². The zero-order valence-corrected chi connectivity index (χ0v) is 50.8. The van der Waals surface area contributed by atoms with Gasteiger partial charge in [0.15, 0.2) is 13.1 Å². The SMILES string of the molecule is COCCOCCOCCOCCOCCOCC[N+](CCOCCOCCOCCOCCOC)=c1ccc2c(/C=C/C=C3/N(CCCCCC(=O)ON4C(=O)CCC4=O)c4ccc(S(=O)(=O)[O-])cc4C3(C)CCCS(=O)(=O)[O-])ccoc-2c1. The quantitative estimate of drug-likeness (QED) is 0.0337. The molecular formula is C58H84N3O22S2-. The number of nitrogens with zero attached hydrogens (tertiary/aromatic N) is 3. The number of allylic oxidation sites excluding steroid dienone is 3. The van der Waals surface area contributed by atoms with Crippen LogP contribution in [0.5, 0.6) is 0 Å². The predicted octanol–water partition coefficient (Wildman–Crippen LogP) is 3.67. The Labute approximate surface area is 498 Å². The van der Waals surface area contributed by atoms with E-state index >= 15 is 0 Å². The van der Waals surface area contributed by atoms with E-state index in [9.17, 15) is 40.3 Å². The van der Waals surface area contributed by atoms with Gasteiger partial charge < -0.3 is 75.4 Å². The second kappa shape index (κ2) is 38.9. The number of benzene rings is 2. The first-order valence-corrected chi connectivity index (χ1v) is 31.6. The van der Waals surface area contributed by atoms with E-state index in [-0.39, 0.29) is 32.1 Å². The summed E-state index contributed by atoms with van der Waals surface area (Å²) < 4.78 is 141. The molecule has 0 bridgehead atoms. The lowest BCUT2D eigenvalue weighted by molar-refractivity contribution is -0.197. The Hall–Kier alpha value is -5.08. The first-order chi connectivity index (χ1) is 41.1. The molecule has 2 amide bonds. The number of amides is 2. The summed E-state index contributed by atoms with van der Waals surface area (Å²) in [4.78, 5) is 43.0. The van der Waals surface area contributed by atoms with E-state index in [0.717, 1.165) is 16.5 Å². The van der Waals surface area contributed by atoms with Gasteiger partial charge in [0.1, 0.15) is 29.1 Å². The molecule has 1 aromatic carbocycles. The highest BCUT2D eigenvalue weighted by Crippen LogP contribution is 2.51. The second-order valence-corrected chi connectivity index (χ2v) is 22.7. The summed E-state index contributed by atoms with van der Waals surface area (Å²) in [6.45, 7) is 12.1. The molecule has 1 unspecified atom stereocenters. The standard InChI is InChI=1S/C58H85N3O22S2/c1-58(19-8-44-84(65,66)67)51-46-49(85(68,69)70)13-15-52(51)60(20-6-4-5-11-57(64)83-61-55(62)16-17-56(61)63)54(58)10-7-9-47-18-23-82-53-45-48(12-14-50(47)53)59(21-24-73-30-32-77-38-40-79-36-34-75-28-26-71-2)22-25-74-31-33-78-39-41-81-43-42-80-37-35-76-29-27-72-3/h7,9-10,12-15,18,23,45-46H,4-6,8,11,16-17,19-22,24-44H2,1-3H3,(H-,65,66,67,68,69,70)/p-1. The number of ether oxygens (including phenoxy) is 11. The van der Waals surface area contributed by atoms with E-state index in [1.807, 2.05) is 54.3 Å². The molecule has 1 atom stereocenters. The first-order valence-electron chi connectivity index (χ1n) is 28.6. The molecule has 476 valence electrons. The van der Waals surface area contributed by atoms with E-state index < -0.39 is 54.1 Å². The van der Waals surface area contributed by atoms with Crippen LogP contribution < -0.4 is 14.8 Å². The van der Waals surface area contributed by atoms with Crippen LogP contribution in [0.2, 0.25) is 0 Å². The van der Waals surface area contributed by atoms with Crippen molar-refractivity contribution in [1.29, 1.82) is 0 Å². The fourth-order valence-electron chi connectivity index (χ4n) is 9.26. The molecule has 1 fully saturated rings. The molecule has 3 heterocycles. The molecule has 3 aliphatic heterocycles. The third-order valence-electron chi connectivity index (χ3n) is 13.6. The number of hydrogen-bond donors (Lipinski definition) is 0. The molecule has 0 N–H and O–H groups in total. The number of carbonyl (C=O) groups is 3. The highest BCUT2D eigenvalue weighted by molar-refractivity contribution is 7.86. The largest absolute Gasteiger partial charge is 0.748 e. The van der Waals surface area contributed by atoms with E-state index in [0.29, 0.717) is 199 Å². The van der Waals surface area contributed by atoms with Gasteiger partial charge in [-0.2, -0.15) is 0 Å². The van der Waals surface area contributed by atoms with Crippen molar-refractivity contribution < 1.29 is 102 Å². The van der Waals surface area contributed by atoms with Gasteiger partial charge in [0, 0.05) is 74.2 Å². The van der Waals surface area contributed by atoms with Gasteiger partial charge in [-0.05, 0) is 80.1 Å². The van der Waals surface area contributed by atoms with Crippen molar-refractivity contribution in [3.8, 4) is 11.3 Å². The van der Waals surface area contributed by atoms with E-state index in [2.05, 4.69) is 4.58 Å². The number of unbranched alkanes of at least 4 members (excludes halogenated alkanes) is 2. The van der Waals surface area contributed by atoms with Gasteiger partial charge in [-0.1, -0.05) is 18.6 Å². The van der Waals surface area contributed by atoms with Gasteiger partial charge in [0.2, 0.25) is 5.36 Å². The van der Waals surface area contributed by atoms with Crippen molar-refractivity contribution in [2.24, 2.45) is 0 Å². The van der Waals surface area contributed by atoms with Crippen LogP contribution in [-0.4, -0.2) is 221 Å². The maximum absolute atomic E-state index is 12.5. The summed E-state index contributed by atoms with van der Waals surface area (Å²) in [5.41, 5.74) is 2.17. The summed E-state index contributed by atoms with van der Waals surface area (Å²) in [5.74, 6) is -1.96. The average Bonchev–Trinajstić information content (AvgIpc) is 1.94. The molecule has 0 spiro atoms. The maximum atomic E-state index is 12.5. The Kier molecular flexibility index (Phi) is 32.4. The highest BCUT2D eigenvalue weighted by atomic mass is 32.2. The Balaban J connectivity index is 1.28. The van der Waals surface area contributed by atoms with Gasteiger partial charge in [-0.15, -0.1) is 5.06 Å². The third-order valence-corrected chi connectivity index (χ3v) is 15.2. The average molecular weight is 1240 g/mol. The maximum Gasteiger partial charge on any atom is 0.333 e. The van der Waals surface area contributed by atoms with Crippen LogP contribution in [0.1, 0.15) is 69.4 Å². The summed E-state index contributed by atoms with van der Waals surface area (Å²) in [6.07, 6.45) is 8.38. The number of hydroxylamine groups is 2. The summed E-state index contributed by atoms with van der Waals surface area (Å²) >= 11 is 0. The fourth-order valence-corrected chi connectivity index (χ4v) is 10.3. The number of imide groups is 1. The Morgan fingerprint density at radius 3 is 1.67 bits per heavy atom. The number of fused-ring (bicyclic) bond motifs is 2. The van der Waals surface area contributed by atoms with Crippen molar-refractivity contribution >= 4 is 49.8 Å². The minimum atomic E-state index is -4.91. The monoisotopic (exact) mass is 1240 g/mol. The topological polar surface area (TPSA) is 299 Å². The normalized spacial score (nSPS) is 16.5. The van der Waals surface area contributed by atoms with Gasteiger partial charge >= 0.3 is 5.97 Å². The third kappa shape index (κ3) is 25.7. The number of rotatable bonds is 47. The molecule has 0 saturated carbocycles. The van der Waals surface area contributed by atoms with Crippen molar-refractivity contribution in [2.75, 3.05) is 177 Å². The molecule has 85 heavy (non-hydrogen) atoms. The lowest BCUT2D eigenvalue weighted by Crippen LogP contribution is -2.36. The van der Waals surface area contributed by atoms with Gasteiger partial charge in [-0.3, -0.25) is 9.59 Å². The van der Waals surface area contributed by atoms with Crippen molar-refractivity contribution in [3.63, 3.8) is 0 Å². The fraction of sp³-hybridized carbons (Fsp3) is 0.621. The van der Waals surface area contributed by atoms with E-state index in [4.69, 9.17) is 61.4 Å². The van der Waals surface area contributed by atoms with E-state index in [1.54, 1.807) is 20.5 Å². The number of hydrogen-bond acceptors (Lipinski definition) is 23. The minimum Gasteiger partial charge on any atom is -0.748 e. The lowest BCUT2D eigenvalue weighted by atomic mass is 9.77. The van der Waals surface area contributed by atoms with Crippen molar-refractivity contribution in [2.45, 2.75) is 68.6 Å². The van der Waals surface area contributed by atoms with Gasteiger partial charge in [0.25, 0.3) is 11.8 Å². The second-order valence-electron chi connectivity index (χ2n) is 19.8. The van der Waals surface area contributed by atoms with Gasteiger partial charge in [-0.25, -0.2) is 26.2 Å². The molecule has 25 nitrogen and oxygen atoms in total. The Morgan fingerprint density at radius 2 is 1.16 bits per heavy atom. The smallest absolute Gasteiger partial charge is 0.333 e. The van der Waals surface area contributed by atoms with Crippen molar-refractivity contribution in [3.05, 3.63) is 83.1 Å². The van der Waals surface area contributed by atoms with Crippen LogP contribution >= 0.6 is 0 Å². The number of carbonyl (C=O) groups excluding carboxylic acids is 3. The molecule has 5 rings (SSSR count). The Bertz CT molecular complexity index is 2810. The Morgan fingerprint density at radius 1 is 0.647 bits per heavy atom. The van der Waals surface area contributed by atoms with Crippen LogP contribution in [0.4, 0.5) is 5.69 Å². The zero-order chi connectivity index (χ0) is 61.2. The van der Waals surface area contributed by atoms with Crippen LogP contribution in [0, 0.1) is 0 Å². The van der Waals surface area contributed by atoms with Crippen LogP contribution in [-0.2, 0) is 97.0 Å². The molecule has 0 radical (unpaired) electrons. The predicted molar refractivity (Wildman–Crippen MR) is 307 cm³/mol. The highest BCUT2D eigenvalue weighted by Gasteiger charge is 2.43. The van der Waals surface area contributed by atoms with Crippen LogP contribution in [0.15, 0.2) is 75.9 Å². The summed E-state index contributed by atoms with van der Waals surface area (Å²) in [5, 5.41) is 1.36. The molecule has 1 aliphatic carbocycles. The molecule has 1 saturated heterocycles. The van der Waals surface area contributed by atoms with E-state index in [1.165, 1.54) is 18.2 Å². The summed E-state index contributed by atoms with van der Waals surface area (Å²) in [7, 11) is -6.27. The van der Waals surface area contributed by atoms with Crippen LogP contribution in [0.25, 0.3) is 17.4 Å².